The first-order valence-electron chi connectivity index (χ1n) is 9.30. The Morgan fingerprint density at radius 2 is 1.71 bits per heavy atom. The van der Waals surface area contributed by atoms with Crippen LogP contribution < -0.4 is 4.90 Å². The van der Waals surface area contributed by atoms with Crippen LogP contribution in [0.25, 0.3) is 0 Å². The fourth-order valence-electron chi connectivity index (χ4n) is 5.19. The molecule has 4 amide bonds. The molecular weight excluding hydrogens is 364 g/mol. The Kier molecular flexibility index (Phi) is 3.79. The molecule has 4 rings (SSSR count). The predicted molar refractivity (Wildman–Crippen MR) is 99.8 cm³/mol. The van der Waals surface area contributed by atoms with E-state index in [1.165, 1.54) is 26.2 Å². The molecule has 0 bridgehead atoms. The lowest BCUT2D eigenvalue weighted by Crippen LogP contribution is -2.76. The fourth-order valence-corrected chi connectivity index (χ4v) is 5.19. The Balaban J connectivity index is 1.98. The zero-order valence-corrected chi connectivity index (χ0v) is 16.1. The van der Waals surface area contributed by atoms with Gasteiger partial charge in [-0.25, -0.2) is 4.79 Å². The second-order valence-corrected chi connectivity index (χ2v) is 8.05. The molecule has 9 heteroatoms. The molecule has 0 aromatic heterocycles. The van der Waals surface area contributed by atoms with E-state index in [4.69, 9.17) is 0 Å². The Hall–Kier alpha value is -2.97. The van der Waals surface area contributed by atoms with Gasteiger partial charge in [0.1, 0.15) is 0 Å². The number of urea groups is 1. The van der Waals surface area contributed by atoms with E-state index >= 15 is 0 Å². The molecule has 0 N–H and O–H groups in total. The fraction of sp³-hybridized carbons (Fsp3) is 0.526. The van der Waals surface area contributed by atoms with E-state index < -0.39 is 33.7 Å². The quantitative estimate of drug-likeness (QED) is 0.415. The lowest BCUT2D eigenvalue weighted by Gasteiger charge is -2.61. The maximum absolute atomic E-state index is 13.5. The highest BCUT2D eigenvalue weighted by Crippen LogP contribution is 2.55. The molecule has 28 heavy (non-hydrogen) atoms. The summed E-state index contributed by atoms with van der Waals surface area (Å²) in [6.45, 7) is 2.55. The SMILES string of the molecule is CN1C(=O)N(C)C(=O)C2(Cc3cc([N+](=O)[O-])ccc3N3CCCCC32C)C1=O. The van der Waals surface area contributed by atoms with Gasteiger partial charge in [0, 0.05) is 44.9 Å². The van der Waals surface area contributed by atoms with Crippen molar-refractivity contribution in [2.24, 2.45) is 5.41 Å². The number of nitro benzene ring substituents is 1. The summed E-state index contributed by atoms with van der Waals surface area (Å²) in [5.41, 5.74) is -0.977. The van der Waals surface area contributed by atoms with Crippen LogP contribution in [0.5, 0.6) is 0 Å². The highest BCUT2D eigenvalue weighted by Gasteiger charge is 2.68. The number of carbonyl (C=O) groups excluding carboxylic acids is 3. The largest absolute Gasteiger partial charge is 0.364 e. The lowest BCUT2D eigenvalue weighted by molar-refractivity contribution is -0.384. The summed E-state index contributed by atoms with van der Waals surface area (Å²) in [4.78, 5) is 54.1. The molecule has 9 nitrogen and oxygen atoms in total. The highest BCUT2D eigenvalue weighted by atomic mass is 16.6. The topological polar surface area (TPSA) is 104 Å². The Labute approximate surface area is 162 Å². The summed E-state index contributed by atoms with van der Waals surface area (Å²) < 4.78 is 0. The van der Waals surface area contributed by atoms with Crippen LogP contribution in [-0.2, 0) is 16.0 Å². The second-order valence-electron chi connectivity index (χ2n) is 8.05. The molecule has 3 aliphatic rings. The number of fused-ring (bicyclic) bond motifs is 4. The smallest absolute Gasteiger partial charge is 0.332 e. The number of barbiturate groups is 1. The maximum atomic E-state index is 13.5. The third kappa shape index (κ3) is 2.04. The van der Waals surface area contributed by atoms with Gasteiger partial charge >= 0.3 is 6.03 Å². The van der Waals surface area contributed by atoms with Crippen molar-refractivity contribution in [2.75, 3.05) is 25.5 Å². The first kappa shape index (κ1) is 18.4. The third-order valence-corrected chi connectivity index (χ3v) is 6.74. The minimum Gasteiger partial charge on any atom is -0.364 e. The van der Waals surface area contributed by atoms with Gasteiger partial charge in [-0.1, -0.05) is 0 Å². The number of imide groups is 2. The summed E-state index contributed by atoms with van der Waals surface area (Å²) in [6, 6.07) is 3.96. The van der Waals surface area contributed by atoms with Crippen LogP contribution in [-0.4, -0.2) is 58.7 Å². The zero-order chi connectivity index (χ0) is 20.4. The van der Waals surface area contributed by atoms with E-state index in [9.17, 15) is 24.5 Å². The average molecular weight is 386 g/mol. The molecule has 1 atom stereocenters. The van der Waals surface area contributed by atoms with Crippen LogP contribution in [0.3, 0.4) is 0 Å². The normalized spacial score (nSPS) is 26.4. The number of anilines is 1. The molecule has 1 unspecified atom stereocenters. The molecule has 148 valence electrons. The van der Waals surface area contributed by atoms with Crippen LogP contribution in [0.1, 0.15) is 31.7 Å². The monoisotopic (exact) mass is 386 g/mol. The van der Waals surface area contributed by atoms with Crippen molar-refractivity contribution < 1.29 is 19.3 Å². The first-order chi connectivity index (χ1) is 13.1. The van der Waals surface area contributed by atoms with Crippen LogP contribution in [0.15, 0.2) is 18.2 Å². The van der Waals surface area contributed by atoms with E-state index in [-0.39, 0.29) is 12.1 Å². The number of benzene rings is 1. The molecule has 2 saturated heterocycles. The summed E-state index contributed by atoms with van der Waals surface area (Å²) in [6.07, 6.45) is 2.42. The van der Waals surface area contributed by atoms with Gasteiger partial charge in [0.15, 0.2) is 5.41 Å². The van der Waals surface area contributed by atoms with Crippen molar-refractivity contribution in [1.82, 2.24) is 9.80 Å². The van der Waals surface area contributed by atoms with Gasteiger partial charge < -0.3 is 4.90 Å². The van der Waals surface area contributed by atoms with Crippen molar-refractivity contribution >= 4 is 29.2 Å². The van der Waals surface area contributed by atoms with Gasteiger partial charge in [-0.2, -0.15) is 0 Å². The van der Waals surface area contributed by atoms with E-state index in [1.807, 2.05) is 11.8 Å². The van der Waals surface area contributed by atoms with Gasteiger partial charge in [-0.15, -0.1) is 0 Å². The molecule has 3 heterocycles. The molecule has 1 spiro atoms. The predicted octanol–water partition coefficient (Wildman–Crippen LogP) is 1.94. The lowest BCUT2D eigenvalue weighted by atomic mass is 9.58. The molecule has 0 aliphatic carbocycles. The molecule has 2 fully saturated rings. The van der Waals surface area contributed by atoms with Crippen LogP contribution >= 0.6 is 0 Å². The van der Waals surface area contributed by atoms with Gasteiger partial charge in [0.25, 0.3) is 5.69 Å². The minimum atomic E-state index is -1.49. The summed E-state index contributed by atoms with van der Waals surface area (Å²) >= 11 is 0. The molecule has 1 aromatic carbocycles. The van der Waals surface area contributed by atoms with Crippen LogP contribution in [0, 0.1) is 15.5 Å². The van der Waals surface area contributed by atoms with Crippen LogP contribution in [0.2, 0.25) is 0 Å². The summed E-state index contributed by atoms with van der Waals surface area (Å²) in [7, 11) is 2.77. The number of carbonyl (C=O) groups is 3. The summed E-state index contributed by atoms with van der Waals surface area (Å²) in [5, 5.41) is 11.3. The number of non-ortho nitro benzene ring substituents is 1. The molecule has 1 aromatic rings. The van der Waals surface area contributed by atoms with Crippen molar-refractivity contribution in [3.63, 3.8) is 0 Å². The van der Waals surface area contributed by atoms with Crippen molar-refractivity contribution in [3.05, 3.63) is 33.9 Å². The van der Waals surface area contributed by atoms with Gasteiger partial charge in [0.2, 0.25) is 11.8 Å². The number of hydrogen-bond donors (Lipinski definition) is 0. The van der Waals surface area contributed by atoms with E-state index in [0.717, 1.165) is 28.3 Å². The number of nitro groups is 1. The van der Waals surface area contributed by atoms with Gasteiger partial charge in [-0.05, 0) is 37.8 Å². The van der Waals surface area contributed by atoms with Gasteiger partial charge in [-0.3, -0.25) is 29.5 Å². The van der Waals surface area contributed by atoms with Crippen molar-refractivity contribution in [1.29, 1.82) is 0 Å². The number of amides is 4. The highest BCUT2D eigenvalue weighted by molar-refractivity contribution is 6.20. The minimum absolute atomic E-state index is 0.0383. The first-order valence-corrected chi connectivity index (χ1v) is 9.30. The third-order valence-electron chi connectivity index (χ3n) is 6.74. The van der Waals surface area contributed by atoms with Crippen molar-refractivity contribution in [3.8, 4) is 0 Å². The Morgan fingerprint density at radius 1 is 1.07 bits per heavy atom. The van der Waals surface area contributed by atoms with E-state index in [2.05, 4.69) is 0 Å². The number of piperidine rings is 1. The second kappa shape index (κ2) is 5.76. The maximum Gasteiger partial charge on any atom is 0.332 e. The number of rotatable bonds is 1. The Bertz CT molecular complexity index is 905. The number of nitrogens with zero attached hydrogens (tertiary/aromatic N) is 4. The van der Waals surface area contributed by atoms with Crippen molar-refractivity contribution in [2.45, 2.75) is 38.1 Å². The molecular formula is C19H22N4O5. The zero-order valence-electron chi connectivity index (χ0n) is 16.1. The van der Waals surface area contributed by atoms with Crippen LogP contribution in [0.4, 0.5) is 16.2 Å². The molecule has 0 saturated carbocycles. The molecule has 0 radical (unpaired) electrons. The Morgan fingerprint density at radius 3 is 2.32 bits per heavy atom. The van der Waals surface area contributed by atoms with Gasteiger partial charge in [0.05, 0.1) is 10.5 Å². The average Bonchev–Trinajstić information content (AvgIpc) is 2.68. The standard InChI is InChI=1S/C19H22N4O5/c1-18-8-4-5-9-22(18)14-7-6-13(23(27)28)10-12(14)11-19(18)15(24)20(2)17(26)21(3)16(19)25/h6-7,10H,4-5,8-9,11H2,1-3H3. The molecule has 3 aliphatic heterocycles. The van der Waals surface area contributed by atoms with E-state index in [0.29, 0.717) is 18.5 Å². The van der Waals surface area contributed by atoms with E-state index in [1.54, 1.807) is 6.07 Å². The summed E-state index contributed by atoms with van der Waals surface area (Å²) in [5.74, 6) is -1.07. The number of hydrogen-bond acceptors (Lipinski definition) is 6.